The van der Waals surface area contributed by atoms with Crippen LogP contribution in [0.15, 0.2) is 18.2 Å². The molecule has 0 unspecified atom stereocenters. The smallest absolute Gasteiger partial charge is 0.343 e. The van der Waals surface area contributed by atoms with Gasteiger partial charge in [-0.25, -0.2) is 9.78 Å². The number of nitro benzene ring substituents is 1. The van der Waals surface area contributed by atoms with E-state index in [-0.39, 0.29) is 5.56 Å². The largest absolute Gasteiger partial charge is 0.477 e. The van der Waals surface area contributed by atoms with Crippen LogP contribution in [0.1, 0.15) is 44.1 Å². The van der Waals surface area contributed by atoms with E-state index < -0.39 is 28.1 Å². The molecule has 1 amide bonds. The second kappa shape index (κ2) is 6.36. The van der Waals surface area contributed by atoms with E-state index in [1.54, 1.807) is 0 Å². The van der Waals surface area contributed by atoms with Crippen molar-refractivity contribution in [2.75, 3.05) is 5.32 Å². The Kier molecular flexibility index (Phi) is 4.26. The van der Waals surface area contributed by atoms with E-state index in [1.807, 2.05) is 0 Å². The Morgan fingerprint density at radius 2 is 2.04 bits per heavy atom. The number of carboxylic acid groups (broad SMARTS) is 1. The first-order valence-electron chi connectivity index (χ1n) is 7.28. The number of amides is 1. The van der Waals surface area contributed by atoms with Crippen molar-refractivity contribution in [3.05, 3.63) is 50.0 Å². The number of carbonyl (C=O) groups excluding carboxylic acids is 1. The van der Waals surface area contributed by atoms with Crippen LogP contribution in [0.3, 0.4) is 0 Å². The quantitative estimate of drug-likeness (QED) is 0.647. The average Bonchev–Trinajstić information content (AvgIpc) is 2.96. The number of carboxylic acids is 1. The van der Waals surface area contributed by atoms with Crippen LogP contribution in [0.25, 0.3) is 0 Å². The number of rotatable bonds is 4. The van der Waals surface area contributed by atoms with Gasteiger partial charge in [0.1, 0.15) is 5.56 Å². The van der Waals surface area contributed by atoms with Crippen LogP contribution >= 0.6 is 11.3 Å². The first-order chi connectivity index (χ1) is 11.5. The summed E-state index contributed by atoms with van der Waals surface area (Å²) in [4.78, 5) is 39.4. The summed E-state index contributed by atoms with van der Waals surface area (Å²) in [6.45, 7) is 0. The predicted octanol–water partition coefficient (Wildman–Crippen LogP) is 2.88. The summed E-state index contributed by atoms with van der Waals surface area (Å²) in [5.74, 6) is -2.24. The van der Waals surface area contributed by atoms with Crippen molar-refractivity contribution in [2.45, 2.75) is 25.7 Å². The molecule has 1 aromatic carbocycles. The number of nitrogens with one attached hydrogen (secondary N) is 1. The van der Waals surface area contributed by atoms with Gasteiger partial charge in [-0.15, -0.1) is 11.3 Å². The third-order valence-corrected chi connectivity index (χ3v) is 4.84. The van der Waals surface area contributed by atoms with Crippen molar-refractivity contribution in [3.63, 3.8) is 0 Å². The van der Waals surface area contributed by atoms with Crippen molar-refractivity contribution < 1.29 is 19.6 Å². The van der Waals surface area contributed by atoms with Gasteiger partial charge in [0, 0.05) is 10.9 Å². The average molecular weight is 347 g/mol. The van der Waals surface area contributed by atoms with E-state index in [1.165, 1.54) is 23.5 Å². The van der Waals surface area contributed by atoms with Gasteiger partial charge in [-0.05, 0) is 31.7 Å². The Hall–Kier alpha value is -2.81. The molecule has 1 aliphatic rings. The number of fused-ring (bicyclic) bond motifs is 1. The van der Waals surface area contributed by atoms with Gasteiger partial charge in [-0.3, -0.25) is 20.2 Å². The number of aryl methyl sites for hydroxylation is 2. The molecule has 8 nitrogen and oxygen atoms in total. The van der Waals surface area contributed by atoms with Crippen molar-refractivity contribution in [2.24, 2.45) is 0 Å². The molecule has 0 aliphatic heterocycles. The fourth-order valence-corrected chi connectivity index (χ4v) is 3.72. The van der Waals surface area contributed by atoms with Crippen molar-refractivity contribution in [3.8, 4) is 0 Å². The maximum atomic E-state index is 12.4. The number of nitrogens with zero attached hydrogens (tertiary/aromatic N) is 2. The number of carbonyl (C=O) groups is 2. The first kappa shape index (κ1) is 16.1. The molecule has 0 saturated heterocycles. The highest BCUT2D eigenvalue weighted by atomic mass is 32.1. The van der Waals surface area contributed by atoms with Crippen LogP contribution in [0.5, 0.6) is 0 Å². The number of aromatic carboxylic acids is 1. The summed E-state index contributed by atoms with van der Waals surface area (Å²) in [6.07, 6.45) is 3.91. The molecular formula is C15H13N3O5S. The second-order valence-electron chi connectivity index (χ2n) is 5.31. The lowest BCUT2D eigenvalue weighted by atomic mass is 10.0. The Balaban J connectivity index is 1.92. The van der Waals surface area contributed by atoms with Gasteiger partial charge in [0.05, 0.1) is 16.2 Å². The molecular weight excluding hydrogens is 334 g/mol. The zero-order valence-electron chi connectivity index (χ0n) is 12.4. The molecule has 2 N–H and O–H groups in total. The topological polar surface area (TPSA) is 122 Å². The zero-order valence-corrected chi connectivity index (χ0v) is 13.3. The van der Waals surface area contributed by atoms with Gasteiger partial charge in [0.25, 0.3) is 11.6 Å². The van der Waals surface area contributed by atoms with Crippen LogP contribution in [-0.2, 0) is 12.8 Å². The monoisotopic (exact) mass is 347 g/mol. The fraction of sp³-hybridized carbons (Fsp3) is 0.267. The highest BCUT2D eigenvalue weighted by Crippen LogP contribution is 2.30. The van der Waals surface area contributed by atoms with Crippen LogP contribution < -0.4 is 5.32 Å². The predicted molar refractivity (Wildman–Crippen MR) is 86.8 cm³/mol. The SMILES string of the molecule is O=C(Nc1nc2c(s1)CCCC2)c1cccc([N+](=O)[O-])c1C(=O)O. The zero-order chi connectivity index (χ0) is 17.3. The molecule has 124 valence electrons. The van der Waals surface area contributed by atoms with Gasteiger partial charge < -0.3 is 5.11 Å². The number of hydrogen-bond acceptors (Lipinski definition) is 6. The molecule has 0 saturated carbocycles. The fourth-order valence-electron chi connectivity index (χ4n) is 2.68. The number of anilines is 1. The molecule has 1 aliphatic carbocycles. The van der Waals surface area contributed by atoms with E-state index in [2.05, 4.69) is 10.3 Å². The number of hydrogen-bond donors (Lipinski definition) is 2. The molecule has 0 spiro atoms. The summed E-state index contributed by atoms with van der Waals surface area (Å²) in [7, 11) is 0. The first-order valence-corrected chi connectivity index (χ1v) is 8.09. The van der Waals surface area contributed by atoms with E-state index in [9.17, 15) is 24.8 Å². The molecule has 0 radical (unpaired) electrons. The summed E-state index contributed by atoms with van der Waals surface area (Å²) in [6, 6.07) is 3.59. The molecule has 0 bridgehead atoms. The van der Waals surface area contributed by atoms with Crippen molar-refractivity contribution in [1.82, 2.24) is 4.98 Å². The number of nitro groups is 1. The highest BCUT2D eigenvalue weighted by Gasteiger charge is 2.27. The second-order valence-corrected chi connectivity index (χ2v) is 6.40. The van der Waals surface area contributed by atoms with E-state index in [4.69, 9.17) is 0 Å². The highest BCUT2D eigenvalue weighted by molar-refractivity contribution is 7.15. The van der Waals surface area contributed by atoms with Crippen LogP contribution in [0.2, 0.25) is 0 Å². The molecule has 1 heterocycles. The van der Waals surface area contributed by atoms with Crippen molar-refractivity contribution in [1.29, 1.82) is 0 Å². The third-order valence-electron chi connectivity index (χ3n) is 3.76. The van der Waals surface area contributed by atoms with E-state index >= 15 is 0 Å². The molecule has 0 atom stereocenters. The van der Waals surface area contributed by atoms with Gasteiger partial charge in [-0.2, -0.15) is 0 Å². The summed E-state index contributed by atoms with van der Waals surface area (Å²) < 4.78 is 0. The minimum Gasteiger partial charge on any atom is -0.477 e. The Bertz CT molecular complexity index is 822. The van der Waals surface area contributed by atoms with E-state index in [0.29, 0.717) is 5.13 Å². The Morgan fingerprint density at radius 3 is 2.71 bits per heavy atom. The molecule has 1 aromatic heterocycles. The maximum Gasteiger partial charge on any atom is 0.343 e. The molecule has 0 fully saturated rings. The lowest BCUT2D eigenvalue weighted by Gasteiger charge is -2.06. The lowest BCUT2D eigenvalue weighted by Crippen LogP contribution is -2.17. The van der Waals surface area contributed by atoms with Crippen LogP contribution in [0.4, 0.5) is 10.8 Å². The van der Waals surface area contributed by atoms with Gasteiger partial charge in [0.2, 0.25) is 0 Å². The lowest BCUT2D eigenvalue weighted by molar-refractivity contribution is -0.385. The normalized spacial score (nSPS) is 13.2. The van der Waals surface area contributed by atoms with Crippen LogP contribution in [-0.4, -0.2) is 26.9 Å². The van der Waals surface area contributed by atoms with Crippen molar-refractivity contribution >= 4 is 34.0 Å². The number of thiazole rings is 1. The van der Waals surface area contributed by atoms with Gasteiger partial charge in [0.15, 0.2) is 5.13 Å². The Morgan fingerprint density at radius 1 is 1.29 bits per heavy atom. The van der Waals surface area contributed by atoms with Gasteiger partial charge >= 0.3 is 5.97 Å². The summed E-state index contributed by atoms with van der Waals surface area (Å²) in [5.41, 5.74) is -0.543. The Labute approximate surface area is 140 Å². The maximum absolute atomic E-state index is 12.4. The minimum absolute atomic E-state index is 0.259. The number of aromatic nitrogens is 1. The molecule has 24 heavy (non-hydrogen) atoms. The third kappa shape index (κ3) is 2.98. The molecule has 9 heteroatoms. The standard InChI is InChI=1S/C15H13N3O5S/c19-13(17-15-16-9-5-1-2-7-11(9)24-15)8-4-3-6-10(18(22)23)12(8)14(20)21/h3-4,6H,1-2,5,7H2,(H,20,21)(H,16,17,19). The number of benzene rings is 1. The molecule has 3 rings (SSSR count). The summed E-state index contributed by atoms with van der Waals surface area (Å²) in [5, 5.41) is 23.2. The van der Waals surface area contributed by atoms with E-state index in [0.717, 1.165) is 42.3 Å². The minimum atomic E-state index is -1.52. The molecule has 2 aromatic rings. The summed E-state index contributed by atoms with van der Waals surface area (Å²) >= 11 is 1.36. The van der Waals surface area contributed by atoms with Crippen LogP contribution in [0, 0.1) is 10.1 Å². The van der Waals surface area contributed by atoms with Gasteiger partial charge in [-0.1, -0.05) is 6.07 Å².